The Morgan fingerprint density at radius 3 is 1.71 bits per heavy atom. The third-order valence-corrected chi connectivity index (χ3v) is 11.5. The highest BCUT2D eigenvalue weighted by Crippen LogP contribution is 2.44. The Morgan fingerprint density at radius 2 is 0.862 bits per heavy atom. The van der Waals surface area contributed by atoms with Gasteiger partial charge in [-0.3, -0.25) is 0 Å². The van der Waals surface area contributed by atoms with Crippen LogP contribution in [0.15, 0.2) is 229 Å². The van der Waals surface area contributed by atoms with E-state index in [9.17, 15) is 0 Å². The molecule has 0 fully saturated rings. The van der Waals surface area contributed by atoms with Crippen molar-refractivity contribution in [2.75, 3.05) is 4.90 Å². The summed E-state index contributed by atoms with van der Waals surface area (Å²) in [4.78, 5) is 2.40. The van der Waals surface area contributed by atoms with E-state index < -0.39 is 0 Å². The smallest absolute Gasteiger partial charge is 0.136 e. The van der Waals surface area contributed by atoms with Crippen molar-refractivity contribution in [1.82, 2.24) is 0 Å². The van der Waals surface area contributed by atoms with Gasteiger partial charge in [-0.2, -0.15) is 0 Å². The molecule has 0 spiro atoms. The molecule has 0 aliphatic rings. The first-order valence-electron chi connectivity index (χ1n) is 19.8. The second-order valence-electron chi connectivity index (χ2n) is 14.9. The number of anilines is 3. The van der Waals surface area contributed by atoms with E-state index in [-0.39, 0.29) is 0 Å². The fraction of sp³-hybridized carbons (Fsp3) is 0. The summed E-state index contributed by atoms with van der Waals surface area (Å²) < 4.78 is 6.26. The predicted octanol–water partition coefficient (Wildman–Crippen LogP) is 16.0. The number of para-hydroxylation sites is 2. The number of rotatable bonds is 7. The van der Waals surface area contributed by atoms with E-state index >= 15 is 0 Å². The summed E-state index contributed by atoms with van der Waals surface area (Å²) in [5.74, 6) is 0. The van der Waals surface area contributed by atoms with Crippen LogP contribution in [0.2, 0.25) is 0 Å². The van der Waals surface area contributed by atoms with Crippen LogP contribution in [0, 0.1) is 0 Å². The van der Waals surface area contributed by atoms with Crippen LogP contribution in [-0.2, 0) is 0 Å². The molecule has 0 saturated carbocycles. The third kappa shape index (κ3) is 5.91. The van der Waals surface area contributed by atoms with E-state index in [0.717, 1.165) is 55.7 Å². The molecule has 0 aliphatic heterocycles. The lowest BCUT2D eigenvalue weighted by Crippen LogP contribution is -2.11. The summed E-state index contributed by atoms with van der Waals surface area (Å²) in [6, 6.07) is 80.8. The van der Waals surface area contributed by atoms with Crippen molar-refractivity contribution >= 4 is 60.5 Å². The van der Waals surface area contributed by atoms with Crippen molar-refractivity contribution in [2.45, 2.75) is 0 Å². The van der Waals surface area contributed by atoms with Gasteiger partial charge in [-0.25, -0.2) is 0 Å². The maximum Gasteiger partial charge on any atom is 0.136 e. The van der Waals surface area contributed by atoms with Crippen molar-refractivity contribution in [3.63, 3.8) is 0 Å². The SMILES string of the molecule is c1cc(-c2ccc(-c3ccc4ccccc4c3)cc2)cc(N(c2ccc(-c3cccc4oc5ccccc5c34)cc2)c2ccccc2-c2cccc3ccccc23)c1. The number of hydrogen-bond donors (Lipinski definition) is 0. The molecule has 0 N–H and O–H groups in total. The van der Waals surface area contributed by atoms with Crippen LogP contribution in [-0.4, -0.2) is 0 Å². The van der Waals surface area contributed by atoms with Gasteiger partial charge in [0.15, 0.2) is 0 Å². The van der Waals surface area contributed by atoms with Gasteiger partial charge >= 0.3 is 0 Å². The van der Waals surface area contributed by atoms with Gasteiger partial charge in [0.2, 0.25) is 0 Å². The summed E-state index contributed by atoms with van der Waals surface area (Å²) in [7, 11) is 0. The van der Waals surface area contributed by atoms with Gasteiger partial charge < -0.3 is 9.32 Å². The first kappa shape index (κ1) is 33.6. The molecule has 0 bridgehead atoms. The average molecular weight is 740 g/mol. The first-order chi connectivity index (χ1) is 28.7. The number of hydrogen-bond acceptors (Lipinski definition) is 2. The summed E-state index contributed by atoms with van der Waals surface area (Å²) in [5, 5.41) is 7.23. The van der Waals surface area contributed by atoms with Crippen LogP contribution in [0.1, 0.15) is 0 Å². The Morgan fingerprint density at radius 1 is 0.293 bits per heavy atom. The van der Waals surface area contributed by atoms with E-state index in [1.807, 2.05) is 12.1 Å². The van der Waals surface area contributed by atoms with E-state index in [4.69, 9.17) is 4.42 Å². The van der Waals surface area contributed by atoms with E-state index in [1.165, 1.54) is 49.4 Å². The van der Waals surface area contributed by atoms with Crippen molar-refractivity contribution < 1.29 is 4.42 Å². The molecule has 0 radical (unpaired) electrons. The lowest BCUT2D eigenvalue weighted by atomic mass is 9.95. The van der Waals surface area contributed by atoms with Crippen LogP contribution in [0.25, 0.3) is 88.0 Å². The van der Waals surface area contributed by atoms with Gasteiger partial charge in [-0.05, 0) is 109 Å². The highest BCUT2D eigenvalue weighted by molar-refractivity contribution is 6.12. The molecule has 272 valence electrons. The largest absolute Gasteiger partial charge is 0.456 e. The zero-order chi connectivity index (χ0) is 38.4. The zero-order valence-corrected chi connectivity index (χ0v) is 31.7. The molecule has 0 saturated heterocycles. The van der Waals surface area contributed by atoms with Crippen molar-refractivity contribution in [3.8, 4) is 44.5 Å². The molecule has 1 aromatic heterocycles. The normalized spacial score (nSPS) is 11.4. The maximum absolute atomic E-state index is 6.26. The molecule has 58 heavy (non-hydrogen) atoms. The molecule has 0 amide bonds. The van der Waals surface area contributed by atoms with Gasteiger partial charge in [0, 0.05) is 27.7 Å². The van der Waals surface area contributed by atoms with Crippen molar-refractivity contribution in [1.29, 1.82) is 0 Å². The van der Waals surface area contributed by atoms with Crippen LogP contribution in [0.5, 0.6) is 0 Å². The number of fused-ring (bicyclic) bond motifs is 5. The minimum atomic E-state index is 0.899. The quantitative estimate of drug-likeness (QED) is 0.162. The molecule has 0 unspecified atom stereocenters. The highest BCUT2D eigenvalue weighted by atomic mass is 16.3. The van der Waals surface area contributed by atoms with Gasteiger partial charge in [0.25, 0.3) is 0 Å². The maximum atomic E-state index is 6.26. The molecule has 0 atom stereocenters. The van der Waals surface area contributed by atoms with Gasteiger partial charge in [-0.1, -0.05) is 176 Å². The van der Waals surface area contributed by atoms with Crippen LogP contribution in [0.4, 0.5) is 17.1 Å². The molecule has 0 aliphatic carbocycles. The van der Waals surface area contributed by atoms with Gasteiger partial charge in [-0.15, -0.1) is 0 Å². The standard InChI is InChI=1S/C56H37NO/c1-2-14-43-36-45(31-30-38(43)12-1)40-28-26-39(27-29-40)44-16-9-17-47(37-44)57(53-23-7-5-19-51(53)50-22-10-15-41-13-3-4-18-48(41)50)46-34-32-42(33-35-46)49-21-11-25-55-56(49)52-20-6-8-24-54(52)58-55/h1-37H. The minimum Gasteiger partial charge on any atom is -0.456 e. The fourth-order valence-corrected chi connectivity index (χ4v) is 8.64. The second-order valence-corrected chi connectivity index (χ2v) is 14.9. The summed E-state index contributed by atoms with van der Waals surface area (Å²) in [6.07, 6.45) is 0. The monoisotopic (exact) mass is 739 g/mol. The number of nitrogens with zero attached hydrogens (tertiary/aromatic N) is 1. The van der Waals surface area contributed by atoms with Gasteiger partial charge in [0.05, 0.1) is 5.69 Å². The van der Waals surface area contributed by atoms with E-state index in [0.29, 0.717) is 0 Å². The summed E-state index contributed by atoms with van der Waals surface area (Å²) in [5.41, 5.74) is 14.5. The molecular formula is C56H37NO. The summed E-state index contributed by atoms with van der Waals surface area (Å²) in [6.45, 7) is 0. The van der Waals surface area contributed by atoms with Crippen LogP contribution in [0.3, 0.4) is 0 Å². The highest BCUT2D eigenvalue weighted by Gasteiger charge is 2.20. The zero-order valence-electron chi connectivity index (χ0n) is 31.7. The molecule has 11 aromatic rings. The van der Waals surface area contributed by atoms with Crippen LogP contribution < -0.4 is 4.90 Å². The third-order valence-electron chi connectivity index (χ3n) is 11.5. The fourth-order valence-electron chi connectivity index (χ4n) is 8.64. The Balaban J connectivity index is 1.03. The number of furan rings is 1. The molecule has 2 nitrogen and oxygen atoms in total. The van der Waals surface area contributed by atoms with Gasteiger partial charge in [0.1, 0.15) is 11.2 Å². The lowest BCUT2D eigenvalue weighted by molar-refractivity contribution is 0.669. The lowest BCUT2D eigenvalue weighted by Gasteiger charge is -2.29. The molecular weight excluding hydrogens is 703 g/mol. The average Bonchev–Trinajstić information content (AvgIpc) is 3.69. The van der Waals surface area contributed by atoms with E-state index in [2.05, 4.69) is 217 Å². The molecule has 1 heterocycles. The van der Waals surface area contributed by atoms with Crippen LogP contribution >= 0.6 is 0 Å². The molecule has 2 heteroatoms. The first-order valence-corrected chi connectivity index (χ1v) is 19.8. The second kappa shape index (κ2) is 14.1. The number of benzene rings is 10. The van der Waals surface area contributed by atoms with Crippen molar-refractivity contribution in [3.05, 3.63) is 224 Å². The Hall–Kier alpha value is -7.68. The minimum absolute atomic E-state index is 0.899. The summed E-state index contributed by atoms with van der Waals surface area (Å²) >= 11 is 0. The molecule has 10 aromatic carbocycles. The Bertz CT molecular complexity index is 3280. The van der Waals surface area contributed by atoms with E-state index in [1.54, 1.807) is 0 Å². The van der Waals surface area contributed by atoms with Crippen molar-refractivity contribution in [2.24, 2.45) is 0 Å². The molecule has 11 rings (SSSR count). The Labute approximate surface area is 337 Å². The Kier molecular flexibility index (Phi) is 8.19. The predicted molar refractivity (Wildman–Crippen MR) is 245 cm³/mol. The topological polar surface area (TPSA) is 16.4 Å².